The van der Waals surface area contributed by atoms with Gasteiger partial charge in [-0.05, 0) is 36.6 Å². The number of nitrogens with one attached hydrogen (secondary N) is 1. The molecule has 2 aromatic carbocycles. The largest absolute Gasteiger partial charge is 0.508 e. The molecule has 3 heteroatoms. The minimum Gasteiger partial charge on any atom is -0.508 e. The third kappa shape index (κ3) is 4.08. The monoisotopic (exact) mass is 271 g/mol. The molecule has 0 aliphatic rings. The van der Waals surface area contributed by atoms with Crippen LogP contribution in [-0.4, -0.2) is 22.9 Å². The fraction of sp³-hybridized carbons (Fsp3) is 0.294. The Kier molecular flexibility index (Phi) is 5.16. The smallest absolute Gasteiger partial charge is 0.115 e. The second kappa shape index (κ2) is 7.08. The van der Waals surface area contributed by atoms with E-state index in [4.69, 9.17) is 0 Å². The van der Waals surface area contributed by atoms with E-state index in [1.807, 2.05) is 42.5 Å². The predicted octanol–water partition coefficient (Wildman–Crippen LogP) is 2.65. The van der Waals surface area contributed by atoms with Gasteiger partial charge in [0.2, 0.25) is 0 Å². The average molecular weight is 271 g/mol. The molecular weight excluding hydrogens is 250 g/mol. The van der Waals surface area contributed by atoms with Crippen molar-refractivity contribution in [2.75, 3.05) is 6.61 Å². The highest BCUT2D eigenvalue weighted by Gasteiger charge is 2.13. The van der Waals surface area contributed by atoms with E-state index in [9.17, 15) is 10.2 Å². The third-order valence-electron chi connectivity index (χ3n) is 3.35. The highest BCUT2D eigenvalue weighted by atomic mass is 16.3. The van der Waals surface area contributed by atoms with Crippen LogP contribution in [0.5, 0.6) is 5.75 Å². The van der Waals surface area contributed by atoms with Gasteiger partial charge in [-0.3, -0.25) is 0 Å². The van der Waals surface area contributed by atoms with Gasteiger partial charge in [-0.25, -0.2) is 0 Å². The van der Waals surface area contributed by atoms with Crippen molar-refractivity contribution >= 4 is 0 Å². The zero-order chi connectivity index (χ0) is 14.4. The minimum absolute atomic E-state index is 0.0525. The van der Waals surface area contributed by atoms with Crippen LogP contribution in [0.25, 0.3) is 0 Å². The number of phenols is 1. The quantitative estimate of drug-likeness (QED) is 0.757. The first-order valence-corrected chi connectivity index (χ1v) is 6.89. The van der Waals surface area contributed by atoms with E-state index in [2.05, 4.69) is 12.2 Å². The van der Waals surface area contributed by atoms with Crippen LogP contribution in [0.4, 0.5) is 0 Å². The molecule has 0 heterocycles. The Morgan fingerprint density at radius 1 is 1.00 bits per heavy atom. The maximum atomic E-state index is 9.54. The molecule has 106 valence electrons. The fourth-order valence-electron chi connectivity index (χ4n) is 2.33. The summed E-state index contributed by atoms with van der Waals surface area (Å²) in [5.74, 6) is 0.284. The topological polar surface area (TPSA) is 52.5 Å². The highest BCUT2D eigenvalue weighted by Crippen LogP contribution is 2.15. The van der Waals surface area contributed by atoms with E-state index in [0.29, 0.717) is 0 Å². The average Bonchev–Trinajstić information content (AvgIpc) is 2.48. The molecule has 2 aromatic rings. The van der Waals surface area contributed by atoms with Crippen LogP contribution < -0.4 is 5.32 Å². The molecule has 0 fully saturated rings. The Balaban J connectivity index is 1.95. The summed E-state index contributed by atoms with van der Waals surface area (Å²) in [7, 11) is 0. The lowest BCUT2D eigenvalue weighted by Crippen LogP contribution is -2.34. The molecule has 1 unspecified atom stereocenters. The van der Waals surface area contributed by atoms with Crippen molar-refractivity contribution in [2.24, 2.45) is 0 Å². The first kappa shape index (κ1) is 14.6. The van der Waals surface area contributed by atoms with Crippen LogP contribution in [-0.2, 0) is 6.42 Å². The molecule has 0 aliphatic carbocycles. The summed E-state index contributed by atoms with van der Waals surface area (Å²) in [6, 6.07) is 17.4. The van der Waals surface area contributed by atoms with Crippen LogP contribution in [0.1, 0.15) is 24.1 Å². The van der Waals surface area contributed by atoms with Gasteiger partial charge < -0.3 is 15.5 Å². The molecular formula is C17H21NO2. The number of hydrogen-bond donors (Lipinski definition) is 3. The van der Waals surface area contributed by atoms with Crippen LogP contribution in [0.3, 0.4) is 0 Å². The van der Waals surface area contributed by atoms with Crippen molar-refractivity contribution < 1.29 is 10.2 Å². The van der Waals surface area contributed by atoms with Crippen molar-refractivity contribution in [2.45, 2.75) is 25.4 Å². The third-order valence-corrected chi connectivity index (χ3v) is 3.35. The molecule has 20 heavy (non-hydrogen) atoms. The van der Waals surface area contributed by atoms with Crippen LogP contribution >= 0.6 is 0 Å². The predicted molar refractivity (Wildman–Crippen MR) is 80.7 cm³/mol. The standard InChI is InChI=1S/C17H21NO2/c1-13(11-14-7-9-16(20)10-8-14)18-17(12-19)15-5-3-2-4-6-15/h2-10,13,17-20H,11-12H2,1H3/t13?,17-/m0/s1. The van der Waals surface area contributed by atoms with Crippen LogP contribution in [0, 0.1) is 0 Å². The highest BCUT2D eigenvalue weighted by molar-refractivity contribution is 5.26. The van der Waals surface area contributed by atoms with E-state index < -0.39 is 0 Å². The molecule has 3 N–H and O–H groups in total. The molecule has 0 aliphatic heterocycles. The first-order valence-electron chi connectivity index (χ1n) is 6.89. The van der Waals surface area contributed by atoms with E-state index >= 15 is 0 Å². The second-order valence-electron chi connectivity index (χ2n) is 5.08. The number of aliphatic hydroxyl groups is 1. The molecule has 0 saturated carbocycles. The number of aliphatic hydroxyl groups excluding tert-OH is 1. The molecule has 3 nitrogen and oxygen atoms in total. The molecule has 0 radical (unpaired) electrons. The van der Waals surface area contributed by atoms with Crippen LogP contribution in [0.15, 0.2) is 54.6 Å². The Morgan fingerprint density at radius 2 is 1.65 bits per heavy atom. The van der Waals surface area contributed by atoms with Gasteiger partial charge in [0.05, 0.1) is 12.6 Å². The van der Waals surface area contributed by atoms with Gasteiger partial charge in [0.1, 0.15) is 5.75 Å². The maximum Gasteiger partial charge on any atom is 0.115 e. The van der Waals surface area contributed by atoms with E-state index in [1.54, 1.807) is 12.1 Å². The van der Waals surface area contributed by atoms with Crippen molar-refractivity contribution in [1.29, 1.82) is 0 Å². The molecule has 0 spiro atoms. The summed E-state index contributed by atoms with van der Waals surface area (Å²) in [5.41, 5.74) is 2.25. The van der Waals surface area contributed by atoms with Crippen LogP contribution in [0.2, 0.25) is 0 Å². The summed E-state index contributed by atoms with van der Waals surface area (Å²) in [6.45, 7) is 2.17. The molecule has 0 amide bonds. The molecule has 0 aromatic heterocycles. The maximum absolute atomic E-state index is 9.54. The number of phenolic OH excluding ortho intramolecular Hbond substituents is 1. The van der Waals surface area contributed by atoms with Gasteiger partial charge in [-0.15, -0.1) is 0 Å². The summed E-state index contributed by atoms with van der Waals surface area (Å²) in [6.07, 6.45) is 0.851. The summed E-state index contributed by atoms with van der Waals surface area (Å²) >= 11 is 0. The summed E-state index contributed by atoms with van der Waals surface area (Å²) in [4.78, 5) is 0. The zero-order valence-electron chi connectivity index (χ0n) is 11.7. The molecule has 2 rings (SSSR count). The summed E-state index contributed by atoms with van der Waals surface area (Å²) in [5, 5.41) is 22.2. The lowest BCUT2D eigenvalue weighted by molar-refractivity contribution is 0.234. The SMILES string of the molecule is CC(Cc1ccc(O)cc1)N[C@@H](CO)c1ccccc1. The number of benzene rings is 2. The van der Waals surface area contributed by atoms with Gasteiger partial charge in [-0.1, -0.05) is 42.5 Å². The number of hydrogen-bond acceptors (Lipinski definition) is 3. The van der Waals surface area contributed by atoms with E-state index in [0.717, 1.165) is 17.5 Å². The van der Waals surface area contributed by atoms with Crippen molar-refractivity contribution in [1.82, 2.24) is 5.32 Å². The Hall–Kier alpha value is -1.84. The minimum atomic E-state index is -0.0525. The van der Waals surface area contributed by atoms with Gasteiger partial charge in [0.15, 0.2) is 0 Å². The number of aromatic hydroxyl groups is 1. The van der Waals surface area contributed by atoms with Gasteiger partial charge in [-0.2, -0.15) is 0 Å². The second-order valence-corrected chi connectivity index (χ2v) is 5.08. The van der Waals surface area contributed by atoms with Gasteiger partial charge in [0, 0.05) is 6.04 Å². The van der Waals surface area contributed by atoms with Crippen molar-refractivity contribution in [3.05, 3.63) is 65.7 Å². The Morgan fingerprint density at radius 3 is 2.25 bits per heavy atom. The first-order chi connectivity index (χ1) is 9.69. The molecule has 2 atom stereocenters. The summed E-state index contributed by atoms with van der Waals surface area (Å²) < 4.78 is 0. The van der Waals surface area contributed by atoms with Crippen molar-refractivity contribution in [3.63, 3.8) is 0 Å². The van der Waals surface area contributed by atoms with Crippen molar-refractivity contribution in [3.8, 4) is 5.75 Å². The molecule has 0 saturated heterocycles. The fourth-order valence-corrected chi connectivity index (χ4v) is 2.33. The van der Waals surface area contributed by atoms with Gasteiger partial charge in [0.25, 0.3) is 0 Å². The van der Waals surface area contributed by atoms with E-state index in [1.165, 1.54) is 0 Å². The number of rotatable bonds is 6. The van der Waals surface area contributed by atoms with Gasteiger partial charge >= 0.3 is 0 Å². The zero-order valence-corrected chi connectivity index (χ0v) is 11.7. The Labute approximate surface area is 119 Å². The Bertz CT molecular complexity index is 510. The molecule has 0 bridgehead atoms. The normalized spacial score (nSPS) is 13.9. The lowest BCUT2D eigenvalue weighted by Gasteiger charge is -2.22. The van der Waals surface area contributed by atoms with E-state index in [-0.39, 0.29) is 24.4 Å². The lowest BCUT2D eigenvalue weighted by atomic mass is 10.0.